The summed E-state index contributed by atoms with van der Waals surface area (Å²) in [5.41, 5.74) is 4.00. The van der Waals surface area contributed by atoms with Crippen molar-refractivity contribution in [2.45, 2.75) is 19.8 Å². The summed E-state index contributed by atoms with van der Waals surface area (Å²) in [6, 6.07) is 14.7. The first-order valence-corrected chi connectivity index (χ1v) is 9.03. The number of benzene rings is 1. The van der Waals surface area contributed by atoms with Gasteiger partial charge < -0.3 is 10.2 Å². The number of halogens is 1. The highest BCUT2D eigenvalue weighted by atomic mass is 127. The van der Waals surface area contributed by atoms with E-state index in [2.05, 4.69) is 64.6 Å². The number of guanidine groups is 1. The topological polar surface area (TPSA) is 40.5 Å². The molecular weight excluding hydrogens is 435 g/mol. The van der Waals surface area contributed by atoms with Crippen molar-refractivity contribution in [2.24, 2.45) is 4.99 Å². The second-order valence-corrected chi connectivity index (χ2v) is 6.14. The van der Waals surface area contributed by atoms with Gasteiger partial charge in [-0.05, 0) is 42.5 Å². The van der Waals surface area contributed by atoms with Crippen LogP contribution in [-0.2, 0) is 6.42 Å². The fourth-order valence-corrected chi connectivity index (χ4v) is 3.04. The van der Waals surface area contributed by atoms with Gasteiger partial charge in [0.15, 0.2) is 5.96 Å². The molecule has 138 valence electrons. The van der Waals surface area contributed by atoms with E-state index in [1.165, 1.54) is 16.7 Å². The molecule has 26 heavy (non-hydrogen) atoms. The van der Waals surface area contributed by atoms with Gasteiger partial charge in [-0.3, -0.25) is 9.98 Å². The molecule has 0 radical (unpaired) electrons. The minimum Gasteiger partial charge on any atom is -0.357 e. The quantitative estimate of drug-likeness (QED) is 0.415. The summed E-state index contributed by atoms with van der Waals surface area (Å²) in [7, 11) is 0. The van der Waals surface area contributed by atoms with Gasteiger partial charge in [0, 0.05) is 38.6 Å². The molecule has 0 fully saturated rings. The van der Waals surface area contributed by atoms with Crippen LogP contribution >= 0.6 is 24.0 Å². The Balaban J connectivity index is 0.00000243. The lowest BCUT2D eigenvalue weighted by atomic mass is 10.00. The van der Waals surface area contributed by atoms with Gasteiger partial charge in [0.25, 0.3) is 0 Å². The predicted octanol–water partition coefficient (Wildman–Crippen LogP) is 4.00. The molecule has 1 aliphatic rings. The van der Waals surface area contributed by atoms with Gasteiger partial charge in [-0.2, -0.15) is 0 Å². The van der Waals surface area contributed by atoms with Crippen LogP contribution in [0.1, 0.15) is 24.5 Å². The second kappa shape index (κ2) is 11.0. The van der Waals surface area contributed by atoms with Gasteiger partial charge >= 0.3 is 0 Å². The Morgan fingerprint density at radius 1 is 1.19 bits per heavy atom. The van der Waals surface area contributed by atoms with Crippen LogP contribution in [0.3, 0.4) is 0 Å². The number of rotatable bonds is 5. The van der Waals surface area contributed by atoms with Crippen molar-refractivity contribution in [1.82, 2.24) is 15.2 Å². The molecule has 0 bridgehead atoms. The highest BCUT2D eigenvalue weighted by Gasteiger charge is 2.15. The molecule has 0 saturated heterocycles. The highest BCUT2D eigenvalue weighted by molar-refractivity contribution is 14.0. The van der Waals surface area contributed by atoms with Gasteiger partial charge in [-0.15, -0.1) is 24.0 Å². The Labute approximate surface area is 173 Å². The van der Waals surface area contributed by atoms with Crippen LogP contribution in [-0.4, -0.2) is 42.0 Å². The molecule has 4 nitrogen and oxygen atoms in total. The number of hydrogen-bond acceptors (Lipinski definition) is 2. The van der Waals surface area contributed by atoms with Gasteiger partial charge in [0.1, 0.15) is 0 Å². The molecule has 1 aliphatic heterocycles. The number of hydrogen-bond donors (Lipinski definition) is 1. The summed E-state index contributed by atoms with van der Waals surface area (Å²) in [5, 5.41) is 3.42. The average molecular weight is 462 g/mol. The van der Waals surface area contributed by atoms with E-state index < -0.39 is 0 Å². The lowest BCUT2D eigenvalue weighted by Crippen LogP contribution is -2.43. The van der Waals surface area contributed by atoms with Crippen LogP contribution in [0.15, 0.2) is 65.9 Å². The van der Waals surface area contributed by atoms with Crippen LogP contribution < -0.4 is 5.32 Å². The second-order valence-electron chi connectivity index (χ2n) is 6.14. The maximum absolute atomic E-state index is 4.80. The number of aliphatic imine (C=N–C) groups is 1. The first-order valence-electron chi connectivity index (χ1n) is 9.03. The SMILES string of the molecule is CCNC(=NCCc1cccnc1)N1CC=C(c2ccccc2)CC1.I. The zero-order valence-electron chi connectivity index (χ0n) is 15.3. The average Bonchev–Trinajstić information content (AvgIpc) is 2.69. The van der Waals surface area contributed by atoms with Crippen LogP contribution in [0.2, 0.25) is 0 Å². The van der Waals surface area contributed by atoms with Crippen molar-refractivity contribution in [3.63, 3.8) is 0 Å². The molecular formula is C21H27IN4. The monoisotopic (exact) mass is 462 g/mol. The molecule has 1 aromatic heterocycles. The zero-order valence-corrected chi connectivity index (χ0v) is 17.6. The van der Waals surface area contributed by atoms with Crippen molar-refractivity contribution in [3.8, 4) is 0 Å². The van der Waals surface area contributed by atoms with E-state index in [1.807, 2.05) is 12.3 Å². The van der Waals surface area contributed by atoms with Crippen molar-refractivity contribution >= 4 is 35.5 Å². The van der Waals surface area contributed by atoms with Crippen LogP contribution in [0.5, 0.6) is 0 Å². The third kappa shape index (κ3) is 5.83. The van der Waals surface area contributed by atoms with E-state index in [-0.39, 0.29) is 24.0 Å². The summed E-state index contributed by atoms with van der Waals surface area (Å²) in [6.07, 6.45) is 8.02. The van der Waals surface area contributed by atoms with E-state index in [9.17, 15) is 0 Å². The Kier molecular flexibility index (Phi) is 8.61. The molecule has 0 amide bonds. The zero-order chi connectivity index (χ0) is 17.3. The van der Waals surface area contributed by atoms with E-state index in [1.54, 1.807) is 6.20 Å². The third-order valence-electron chi connectivity index (χ3n) is 4.37. The Morgan fingerprint density at radius 2 is 2.04 bits per heavy atom. The Hall–Kier alpha value is -1.89. The lowest BCUT2D eigenvalue weighted by Gasteiger charge is -2.30. The predicted molar refractivity (Wildman–Crippen MR) is 120 cm³/mol. The fraction of sp³-hybridized carbons (Fsp3) is 0.333. The van der Waals surface area contributed by atoms with Crippen molar-refractivity contribution in [2.75, 3.05) is 26.2 Å². The standard InChI is InChI=1S/C21H26N4.HI/c1-2-23-21(24-14-10-18-7-6-13-22-17-18)25-15-11-20(12-16-25)19-8-4-3-5-9-19;/h3-9,11,13,17H,2,10,12,14-16H2,1H3,(H,23,24);1H. The lowest BCUT2D eigenvalue weighted by molar-refractivity contribution is 0.440. The van der Waals surface area contributed by atoms with Crippen LogP contribution in [0.25, 0.3) is 5.57 Å². The van der Waals surface area contributed by atoms with Crippen LogP contribution in [0, 0.1) is 0 Å². The Morgan fingerprint density at radius 3 is 2.69 bits per heavy atom. The Bertz CT molecular complexity index is 713. The number of nitrogens with one attached hydrogen (secondary N) is 1. The third-order valence-corrected chi connectivity index (χ3v) is 4.37. The molecule has 0 saturated carbocycles. The highest BCUT2D eigenvalue weighted by Crippen LogP contribution is 2.21. The molecule has 0 atom stereocenters. The molecule has 1 aromatic carbocycles. The van der Waals surface area contributed by atoms with Gasteiger partial charge in [0.2, 0.25) is 0 Å². The molecule has 0 spiro atoms. The van der Waals surface area contributed by atoms with E-state index in [4.69, 9.17) is 4.99 Å². The maximum Gasteiger partial charge on any atom is 0.194 e. The molecule has 2 heterocycles. The number of nitrogens with zero attached hydrogens (tertiary/aromatic N) is 3. The minimum atomic E-state index is 0. The smallest absolute Gasteiger partial charge is 0.194 e. The van der Waals surface area contributed by atoms with Gasteiger partial charge in [-0.1, -0.05) is 42.5 Å². The molecule has 2 aromatic rings. The summed E-state index contributed by atoms with van der Waals surface area (Å²) in [4.78, 5) is 11.3. The summed E-state index contributed by atoms with van der Waals surface area (Å²) < 4.78 is 0. The number of aromatic nitrogens is 1. The maximum atomic E-state index is 4.80. The molecule has 0 unspecified atom stereocenters. The van der Waals surface area contributed by atoms with E-state index in [0.717, 1.165) is 45.0 Å². The molecule has 5 heteroatoms. The van der Waals surface area contributed by atoms with Crippen molar-refractivity contribution in [3.05, 3.63) is 72.1 Å². The van der Waals surface area contributed by atoms with Crippen LogP contribution in [0.4, 0.5) is 0 Å². The normalized spacial score (nSPS) is 14.4. The van der Waals surface area contributed by atoms with Gasteiger partial charge in [0.05, 0.1) is 0 Å². The summed E-state index contributed by atoms with van der Waals surface area (Å²) in [5.74, 6) is 1.01. The molecule has 1 N–H and O–H groups in total. The first kappa shape index (κ1) is 20.4. The van der Waals surface area contributed by atoms with Crippen molar-refractivity contribution < 1.29 is 0 Å². The minimum absolute atomic E-state index is 0. The summed E-state index contributed by atoms with van der Waals surface area (Å²) >= 11 is 0. The molecule has 0 aliphatic carbocycles. The number of pyridine rings is 1. The van der Waals surface area contributed by atoms with E-state index >= 15 is 0 Å². The first-order chi connectivity index (χ1) is 12.4. The molecule has 3 rings (SSSR count). The van der Waals surface area contributed by atoms with Crippen molar-refractivity contribution in [1.29, 1.82) is 0 Å². The fourth-order valence-electron chi connectivity index (χ4n) is 3.04. The van der Waals surface area contributed by atoms with Gasteiger partial charge in [-0.25, -0.2) is 0 Å². The largest absolute Gasteiger partial charge is 0.357 e. The summed E-state index contributed by atoms with van der Waals surface area (Å²) in [6.45, 7) is 5.69. The van der Waals surface area contributed by atoms with E-state index in [0.29, 0.717) is 0 Å².